The summed E-state index contributed by atoms with van der Waals surface area (Å²) in [6.45, 7) is 5.20. The molecule has 0 aromatic heterocycles. The minimum absolute atomic E-state index is 0. The number of aliphatic hydroxyl groups excluding tert-OH is 2. The van der Waals surface area contributed by atoms with E-state index in [1.165, 1.54) is 44.2 Å². The van der Waals surface area contributed by atoms with Crippen LogP contribution in [0.1, 0.15) is 58.8 Å². The Hall–Kier alpha value is -1.16. The molecular weight excluding hydrogens is 595 g/mol. The van der Waals surface area contributed by atoms with E-state index in [4.69, 9.17) is 51.5 Å². The third-order valence-electron chi connectivity index (χ3n) is 4.87. The maximum absolute atomic E-state index is 8.56. The minimum Gasteiger partial charge on any atom is -0.686 e. The summed E-state index contributed by atoms with van der Waals surface area (Å²) >= 11 is 0. The van der Waals surface area contributed by atoms with Gasteiger partial charge in [0.15, 0.2) is 0 Å². The maximum atomic E-state index is 8.56. The Morgan fingerprint density at radius 1 is 0.941 bits per heavy atom. The van der Waals surface area contributed by atoms with Gasteiger partial charge in [-0.15, -0.1) is 25.2 Å². The fourth-order valence-electron chi connectivity index (χ4n) is 3.69. The van der Waals surface area contributed by atoms with Gasteiger partial charge in [-0.1, -0.05) is 50.7 Å². The topological polar surface area (TPSA) is 204 Å². The number of rotatable bonds is 4. The minimum atomic E-state index is -1.25. The molecule has 6 N–H and O–H groups in total. The van der Waals surface area contributed by atoms with Crippen molar-refractivity contribution in [2.24, 2.45) is 0 Å². The molecule has 0 aromatic carbocycles. The molecule has 3 rings (SSSR count). The molecule has 0 amide bonds. The Morgan fingerprint density at radius 3 is 1.91 bits per heavy atom. The van der Waals surface area contributed by atoms with Crippen LogP contribution in [0, 0.1) is 49.8 Å². The van der Waals surface area contributed by atoms with Gasteiger partial charge in [-0.05, 0) is 20.3 Å². The second kappa shape index (κ2) is 21.2. The zero-order chi connectivity index (χ0) is 25.2. The Balaban J connectivity index is 0. The van der Waals surface area contributed by atoms with Crippen LogP contribution in [0.15, 0.2) is 23.9 Å². The first-order valence-corrected chi connectivity index (χ1v) is 11.0. The van der Waals surface area contributed by atoms with E-state index in [-0.39, 0.29) is 52.1 Å². The van der Waals surface area contributed by atoms with Gasteiger partial charge in [0.1, 0.15) is 9.81 Å². The average Bonchev–Trinajstić information content (AvgIpc) is 2.74. The Kier molecular flexibility index (Phi) is 21.8. The molecule has 5 unspecified atom stereocenters. The van der Waals surface area contributed by atoms with Gasteiger partial charge in [0.2, 0.25) is 0 Å². The first kappa shape index (κ1) is 35.0. The van der Waals surface area contributed by atoms with Crippen molar-refractivity contribution in [3.8, 4) is 0 Å². The first-order valence-electron chi connectivity index (χ1n) is 11.0. The fraction of sp³-hybridized carbons (Fsp3) is 0.800. The maximum Gasteiger partial charge on any atom is 3.00 e. The summed E-state index contributed by atoms with van der Waals surface area (Å²) in [5.41, 5.74) is 1.19. The van der Waals surface area contributed by atoms with Gasteiger partial charge in [-0.3, -0.25) is 0 Å². The number of hydrogen-bond acceptors (Lipinski definition) is 4. The molecule has 3 aliphatic rings. The van der Waals surface area contributed by atoms with Crippen molar-refractivity contribution in [1.29, 1.82) is 0 Å². The summed E-state index contributed by atoms with van der Waals surface area (Å²) in [7, 11) is 0. The molecule has 3 aliphatic heterocycles. The number of aliphatic hydroxyl groups is 2. The summed E-state index contributed by atoms with van der Waals surface area (Å²) < 4.78 is 0. The standard InChI is InChI=1S/C15H22N3.C5H12O2.Gd.2H2NO3/c1-3-10-16-12(6-1)14-8-5-9-15(18-14)13-7-2-4-11-17-13;1-4(6)3-5(2)7;;2*2-1(3)4/h1,3,6,13-15H,2,4-5,7-11H2;4-7H,3H2,1-2H3;;2*(H2,2,3,4)/q-3;;+3;2*+1. The van der Waals surface area contributed by atoms with Crippen molar-refractivity contribution in [3.63, 3.8) is 0 Å². The fourth-order valence-corrected chi connectivity index (χ4v) is 3.69. The van der Waals surface area contributed by atoms with Crippen molar-refractivity contribution < 1.29 is 81.2 Å². The number of piperidine rings is 2. The van der Waals surface area contributed by atoms with E-state index < -0.39 is 10.2 Å². The summed E-state index contributed by atoms with van der Waals surface area (Å²) in [6, 6.07) is 1.30. The molecule has 2 fully saturated rings. The Morgan fingerprint density at radius 2 is 1.50 bits per heavy atom. The van der Waals surface area contributed by atoms with Crippen LogP contribution in [0.4, 0.5) is 0 Å². The van der Waals surface area contributed by atoms with Crippen LogP contribution >= 0.6 is 0 Å². The zero-order valence-electron chi connectivity index (χ0n) is 19.6. The van der Waals surface area contributed by atoms with E-state index in [9.17, 15) is 0 Å². The van der Waals surface area contributed by atoms with Crippen LogP contribution in [-0.2, 0) is 0 Å². The molecule has 0 aliphatic carbocycles. The Bertz CT molecular complexity index is 590. The van der Waals surface area contributed by atoms with Crippen LogP contribution in [0.25, 0.3) is 16.0 Å². The van der Waals surface area contributed by atoms with Gasteiger partial charge in [0.05, 0.1) is 12.2 Å². The smallest absolute Gasteiger partial charge is 0.686 e. The van der Waals surface area contributed by atoms with Crippen LogP contribution in [0.5, 0.6) is 0 Å². The normalized spacial score (nSPS) is 24.8. The second-order valence-corrected chi connectivity index (χ2v) is 7.93. The van der Waals surface area contributed by atoms with E-state index >= 15 is 0 Å². The summed E-state index contributed by atoms with van der Waals surface area (Å²) in [6.07, 6.45) is 13.6. The van der Waals surface area contributed by atoms with Gasteiger partial charge in [-0.25, -0.2) is 20.8 Å². The van der Waals surface area contributed by atoms with E-state index in [2.05, 4.69) is 23.5 Å². The molecule has 3 heterocycles. The summed E-state index contributed by atoms with van der Waals surface area (Å²) in [5.74, 6) is 0. The predicted molar refractivity (Wildman–Crippen MR) is 118 cm³/mol. The van der Waals surface area contributed by atoms with Crippen LogP contribution in [0.2, 0.25) is 0 Å². The van der Waals surface area contributed by atoms with Gasteiger partial charge in [0, 0.05) is 0 Å². The summed E-state index contributed by atoms with van der Waals surface area (Å²) in [5, 5.41) is 56.6. The summed E-state index contributed by atoms with van der Waals surface area (Å²) in [4.78, 5) is 16.9. The van der Waals surface area contributed by atoms with Crippen molar-refractivity contribution in [1.82, 2.24) is 0 Å². The van der Waals surface area contributed by atoms with Crippen molar-refractivity contribution >= 4 is 0 Å². The number of allylic oxidation sites excluding steroid dienone is 2. The van der Waals surface area contributed by atoms with Crippen LogP contribution in [-0.4, -0.2) is 84.6 Å². The van der Waals surface area contributed by atoms with Gasteiger partial charge < -0.3 is 26.2 Å². The first-order chi connectivity index (χ1) is 15.5. The Labute approximate surface area is 232 Å². The zero-order valence-corrected chi connectivity index (χ0v) is 21.8. The molecule has 13 nitrogen and oxygen atoms in total. The molecule has 0 aromatic rings. The largest absolute Gasteiger partial charge is 3.00 e. The third-order valence-corrected chi connectivity index (χ3v) is 4.87. The van der Waals surface area contributed by atoms with Crippen LogP contribution < -0.4 is 0 Å². The molecule has 0 spiro atoms. The van der Waals surface area contributed by atoms with Crippen molar-refractivity contribution in [2.45, 2.75) is 89.1 Å². The molecule has 2 saturated heterocycles. The van der Waals surface area contributed by atoms with Crippen molar-refractivity contribution in [2.75, 3.05) is 13.1 Å². The number of nitrogens with zero attached hydrogens (tertiary/aromatic N) is 5. The third kappa shape index (κ3) is 20.2. The molecule has 14 heteroatoms. The van der Waals surface area contributed by atoms with Crippen molar-refractivity contribution in [3.05, 3.63) is 49.7 Å². The van der Waals surface area contributed by atoms with E-state index in [1.54, 1.807) is 13.8 Å². The van der Waals surface area contributed by atoms with E-state index in [0.29, 0.717) is 24.5 Å². The molecule has 1 radical (unpaired) electrons. The molecule has 197 valence electrons. The monoisotopic (exact) mass is 634 g/mol. The molecule has 0 saturated carbocycles. The predicted octanol–water partition coefficient (Wildman–Crippen LogP) is 3.26. The quantitative estimate of drug-likeness (QED) is 0.253. The average molecular weight is 634 g/mol. The van der Waals surface area contributed by atoms with Gasteiger partial charge in [-0.2, -0.15) is 17.8 Å². The molecule has 5 atom stereocenters. The van der Waals surface area contributed by atoms with Crippen LogP contribution in [0.3, 0.4) is 0 Å². The van der Waals surface area contributed by atoms with E-state index in [0.717, 1.165) is 13.1 Å². The van der Waals surface area contributed by atoms with Gasteiger partial charge >= 0.3 is 50.1 Å². The molecule has 34 heavy (non-hydrogen) atoms. The number of hydrogen-bond donors (Lipinski definition) is 6. The SMILES string of the molecule is C1=CC[N-]C(C2CCCC(C3CCCC[N-]3)[N-]2)=C1.CC(O)CC(C)O.O=[N+](O)O.O=[N+](O)O.[Gd+3]. The second-order valence-electron chi connectivity index (χ2n) is 7.93. The molecular formula is C20H38GdN5O8+2. The molecule has 0 bridgehead atoms. The van der Waals surface area contributed by atoms with E-state index in [1.807, 2.05) is 0 Å². The van der Waals surface area contributed by atoms with Gasteiger partial charge in [0.25, 0.3) is 0 Å².